The van der Waals surface area contributed by atoms with Crippen molar-refractivity contribution in [3.05, 3.63) is 34.3 Å². The van der Waals surface area contributed by atoms with Gasteiger partial charge in [-0.1, -0.05) is 44.9 Å². The average molecular weight is 1420 g/mol. The maximum absolute atomic E-state index is 12.6. The molecular weight excluding hydrogens is 1340 g/mol. The average Bonchev–Trinajstić information content (AvgIpc) is 4.05. The first kappa shape index (κ1) is 81.7. The van der Waals surface area contributed by atoms with Crippen molar-refractivity contribution in [1.29, 1.82) is 0 Å². The van der Waals surface area contributed by atoms with Crippen molar-refractivity contribution in [2.75, 3.05) is 39.0 Å². The Kier molecular flexibility index (Phi) is 41.3. The van der Waals surface area contributed by atoms with Gasteiger partial charge >= 0.3 is 63.1 Å². The number of aliphatic hydroxyl groups excluding tert-OH is 1. The molecule has 6 rings (SSSR count). The molecule has 6 heterocycles. The van der Waals surface area contributed by atoms with Gasteiger partial charge in [-0.2, -0.15) is 36.3 Å². The van der Waals surface area contributed by atoms with Crippen molar-refractivity contribution in [2.24, 2.45) is 17.8 Å². The molecule has 0 amide bonds. The van der Waals surface area contributed by atoms with Crippen LogP contribution in [0, 0.1) is 37.5 Å². The van der Waals surface area contributed by atoms with Gasteiger partial charge in [-0.3, -0.25) is 18.8 Å². The monoisotopic (exact) mass is 1420 g/mol. The first-order chi connectivity index (χ1) is 36.1. The maximum Gasteiger partial charge on any atom is 1.00 e. The Morgan fingerprint density at radius 1 is 0.593 bits per heavy atom. The third-order valence-corrected chi connectivity index (χ3v) is 16.2. The minimum atomic E-state index is -5.79. The first-order valence-electron chi connectivity index (χ1n) is 25.5. The van der Waals surface area contributed by atoms with Gasteiger partial charge in [0.1, 0.15) is 0 Å². The SMILES string of the molecule is C.C.C.[C-]#[N+][C@H](C)C[C@H]1CC[C@@H]2O[C@@H](CCC(=O)OOC)[C@@H](CI)C2O1.[C-]#[N+][C@H](C)C[C@H]1CC[C@@H]2O[C@@H](CCC(=O)OOC)[C@@H](CO)C2O1.[C-]#[N+][C@H](C)C[C@H]1CC[C@@H]2O[C@@H](CCC(=O)OOC)[C@@H](COS(=O)(=O)C(F)(F)F)C2O1.[I-].[Na+]. The summed E-state index contributed by atoms with van der Waals surface area (Å²) in [6, 6.07) is -0.364. The normalized spacial score (nSPS) is 30.8. The summed E-state index contributed by atoms with van der Waals surface area (Å²) in [4.78, 5) is 71.2. The molecule has 0 aromatic rings. The number of carbonyl (C=O) groups excluding carboxylic acids is 3. The van der Waals surface area contributed by atoms with Crippen LogP contribution in [-0.2, 0) is 86.4 Å². The second-order valence-electron chi connectivity index (χ2n) is 19.7. The van der Waals surface area contributed by atoms with Crippen molar-refractivity contribution < 1.29 is 157 Å². The molecule has 18 atom stereocenters. The van der Waals surface area contributed by atoms with Crippen molar-refractivity contribution in [3.8, 4) is 0 Å². The van der Waals surface area contributed by atoms with Crippen molar-refractivity contribution in [1.82, 2.24) is 0 Å². The number of fused-ring (bicyclic) bond motifs is 3. The summed E-state index contributed by atoms with van der Waals surface area (Å²) in [6.45, 7) is 25.9. The van der Waals surface area contributed by atoms with Crippen molar-refractivity contribution >= 4 is 50.6 Å². The molecule has 6 fully saturated rings. The molecule has 0 aliphatic carbocycles. The number of hydrogen-bond acceptors (Lipinski definition) is 19. The fraction of sp³-hybridized carbons (Fsp3) is 0.885. The second-order valence-corrected chi connectivity index (χ2v) is 22.2. The van der Waals surface area contributed by atoms with E-state index in [4.69, 9.17) is 48.1 Å². The summed E-state index contributed by atoms with van der Waals surface area (Å²) >= 11 is 2.36. The molecule has 3 unspecified atom stereocenters. The zero-order valence-electron chi connectivity index (χ0n) is 45.1. The minimum absolute atomic E-state index is 0. The Morgan fingerprint density at radius 2 is 0.901 bits per heavy atom. The van der Waals surface area contributed by atoms with Crippen molar-refractivity contribution in [2.45, 2.75) is 236 Å². The van der Waals surface area contributed by atoms with Gasteiger partial charge < -0.3 is 72.0 Å². The molecule has 0 saturated carbocycles. The van der Waals surface area contributed by atoms with E-state index >= 15 is 0 Å². The fourth-order valence-corrected chi connectivity index (χ4v) is 12.1. The van der Waals surface area contributed by atoms with E-state index < -0.39 is 58.4 Å². The van der Waals surface area contributed by atoms with Crippen LogP contribution >= 0.6 is 22.6 Å². The van der Waals surface area contributed by atoms with E-state index in [9.17, 15) is 41.1 Å². The largest absolute Gasteiger partial charge is 1.00 e. The van der Waals surface area contributed by atoms with E-state index in [1.165, 1.54) is 14.2 Å². The van der Waals surface area contributed by atoms with E-state index in [1.54, 1.807) is 6.92 Å². The molecule has 81 heavy (non-hydrogen) atoms. The van der Waals surface area contributed by atoms with Crippen LogP contribution in [0.2, 0.25) is 0 Å². The Bertz CT molecular complexity index is 2000. The van der Waals surface area contributed by atoms with E-state index in [0.29, 0.717) is 38.5 Å². The third kappa shape index (κ3) is 25.5. The summed E-state index contributed by atoms with van der Waals surface area (Å²) in [6.07, 6.45) is 5.78. The topological polar surface area (TPSA) is 239 Å². The molecule has 464 valence electrons. The molecule has 6 aliphatic heterocycles. The Balaban J connectivity index is 0. The van der Waals surface area contributed by atoms with E-state index in [-0.39, 0.29) is 199 Å². The summed E-state index contributed by atoms with van der Waals surface area (Å²) in [5.41, 5.74) is -5.55. The van der Waals surface area contributed by atoms with Gasteiger partial charge in [0.25, 0.3) is 0 Å². The Hall–Kier alpha value is -1.36. The quantitative estimate of drug-likeness (QED) is 0.0226. The molecule has 0 bridgehead atoms. The Labute approximate surface area is 530 Å². The zero-order chi connectivity index (χ0) is 56.2. The smallest absolute Gasteiger partial charge is 1.00 e. The predicted octanol–water partition coefficient (Wildman–Crippen LogP) is 2.71. The number of nitrogens with zero attached hydrogens (tertiary/aromatic N) is 3. The van der Waals surface area contributed by atoms with Gasteiger partial charge in [0.05, 0.1) is 127 Å². The van der Waals surface area contributed by atoms with E-state index in [1.807, 2.05) is 13.8 Å². The Morgan fingerprint density at radius 3 is 1.20 bits per heavy atom. The first-order valence-corrected chi connectivity index (χ1v) is 28.4. The molecule has 0 aromatic heterocycles. The zero-order valence-corrected chi connectivity index (χ0v) is 52.2. The molecule has 0 aromatic carbocycles. The van der Waals surface area contributed by atoms with E-state index in [0.717, 1.165) is 43.6 Å². The minimum Gasteiger partial charge on any atom is -1.00 e. The van der Waals surface area contributed by atoms with Gasteiger partial charge in [0.15, 0.2) is 0 Å². The van der Waals surface area contributed by atoms with Gasteiger partial charge in [0, 0.05) is 62.2 Å². The summed E-state index contributed by atoms with van der Waals surface area (Å²) in [7, 11) is -2.03. The number of carbonyl (C=O) groups is 3. The van der Waals surface area contributed by atoms with Crippen LogP contribution in [0.1, 0.15) is 139 Å². The van der Waals surface area contributed by atoms with Crippen molar-refractivity contribution in [3.63, 3.8) is 0 Å². The summed E-state index contributed by atoms with van der Waals surface area (Å²) in [5, 5.41) is 9.71. The van der Waals surface area contributed by atoms with Crippen LogP contribution in [0.4, 0.5) is 13.2 Å². The molecule has 29 heteroatoms. The number of aliphatic hydroxyl groups is 1. The van der Waals surface area contributed by atoms with Crippen LogP contribution in [-0.4, -0.2) is 167 Å². The molecule has 22 nitrogen and oxygen atoms in total. The maximum atomic E-state index is 12.6. The molecule has 6 aliphatic rings. The van der Waals surface area contributed by atoms with Crippen LogP contribution in [0.15, 0.2) is 0 Å². The summed E-state index contributed by atoms with van der Waals surface area (Å²) in [5.74, 6) is -2.25. The van der Waals surface area contributed by atoms with Crippen LogP contribution in [0.5, 0.6) is 0 Å². The van der Waals surface area contributed by atoms with Gasteiger partial charge in [-0.05, 0) is 57.8 Å². The molecule has 1 N–H and O–H groups in total. The van der Waals surface area contributed by atoms with Crippen LogP contribution in [0.25, 0.3) is 14.5 Å². The number of alkyl halides is 4. The standard InChI is InChI=1S/C17H24F3NO8S.C16H24INO5.C16H25NO6.3CH4.HI.Na/c1-10(21-2)8-11-4-5-14-16(27-11)12(9-26-30(23,24)17(18,19)20)13(28-14)6-7-15(22)29-25-3;1-10(18-2)8-11-4-5-14-16(21-11)12(9-17)13(22-14)6-7-15(19)23-20-3;1-10(17-2)8-11-4-5-14-16(21-11)12(9-18)13(22-14)6-7-15(19)23-20-3;;;;;/h10-14,16H,4-9H2,1,3H3;10-14,16H,4-9H2,1,3H3;10-14,16,18H,4-9H2,1,3H3;3*1H4;1H;/q;;;;;;;+1/p-1/t3*10-,11-,12-,13+,14+,16?;;;;;/m111...../s1. The van der Waals surface area contributed by atoms with Crippen LogP contribution in [0.3, 0.4) is 0 Å². The molecule has 6 saturated heterocycles. The molecule has 0 spiro atoms. The number of halogens is 5. The van der Waals surface area contributed by atoms with Gasteiger partial charge in [-0.25, -0.2) is 34.1 Å². The van der Waals surface area contributed by atoms with Gasteiger partial charge in [0.2, 0.25) is 18.1 Å². The third-order valence-electron chi connectivity index (χ3n) is 14.2. The molecule has 0 radical (unpaired) electrons. The predicted molar refractivity (Wildman–Crippen MR) is 286 cm³/mol. The second kappa shape index (κ2) is 40.9. The number of hydrogen-bond donors (Lipinski definition) is 1. The summed E-state index contributed by atoms with van der Waals surface area (Å²) < 4.78 is 102. The fourth-order valence-electron chi connectivity index (χ4n) is 10.6. The number of rotatable bonds is 23. The number of ether oxygens (including phenoxy) is 6. The van der Waals surface area contributed by atoms with E-state index in [2.05, 4.69) is 70.6 Å². The van der Waals surface area contributed by atoms with Gasteiger partial charge in [-0.15, -0.1) is 0 Å². The van der Waals surface area contributed by atoms with Crippen LogP contribution < -0.4 is 53.5 Å². The molecular formula is C52H85F3I2N3NaO19S.